The van der Waals surface area contributed by atoms with Crippen LogP contribution < -0.4 is 0 Å². The molecule has 0 aromatic rings. The van der Waals surface area contributed by atoms with Crippen LogP contribution in [0.25, 0.3) is 0 Å². The smallest absolute Gasteiger partial charge is 0.0604 e. The van der Waals surface area contributed by atoms with Crippen LogP contribution in [0.4, 0.5) is 0 Å². The summed E-state index contributed by atoms with van der Waals surface area (Å²) >= 11 is 0. The maximum Gasteiger partial charge on any atom is 0.0604 e. The van der Waals surface area contributed by atoms with Gasteiger partial charge in [-0.1, -0.05) is 11.6 Å². The summed E-state index contributed by atoms with van der Waals surface area (Å²) in [5, 5.41) is 12.1. The lowest BCUT2D eigenvalue weighted by Crippen LogP contribution is -2.23. The third-order valence-electron chi connectivity index (χ3n) is 3.22. The Balaban J connectivity index is 2.12. The number of hydrogen-bond donors (Lipinski definition) is 1. The molecule has 0 saturated heterocycles. The summed E-state index contributed by atoms with van der Waals surface area (Å²) in [6.07, 6.45) is 7.62. The molecule has 2 heteroatoms. The van der Waals surface area contributed by atoms with Crippen molar-refractivity contribution in [1.82, 2.24) is 0 Å². The van der Waals surface area contributed by atoms with E-state index < -0.39 is 0 Å². The van der Waals surface area contributed by atoms with E-state index in [2.05, 4.69) is 5.16 Å². The van der Waals surface area contributed by atoms with Crippen molar-refractivity contribution in [3.8, 4) is 0 Å². The van der Waals surface area contributed by atoms with Gasteiger partial charge in [0, 0.05) is 5.92 Å². The molecule has 0 aromatic carbocycles. The van der Waals surface area contributed by atoms with E-state index in [4.69, 9.17) is 5.21 Å². The van der Waals surface area contributed by atoms with Crippen LogP contribution in [0.3, 0.4) is 0 Å². The molecule has 62 valence electrons. The van der Waals surface area contributed by atoms with Gasteiger partial charge in [0.25, 0.3) is 0 Å². The predicted octanol–water partition coefficient (Wildman–Crippen LogP) is 2.42. The highest BCUT2D eigenvalue weighted by Gasteiger charge is 2.33. The molecule has 0 radical (unpaired) electrons. The lowest BCUT2D eigenvalue weighted by molar-refractivity contribution is 0.300. The van der Waals surface area contributed by atoms with Crippen molar-refractivity contribution < 1.29 is 5.21 Å². The van der Waals surface area contributed by atoms with Crippen molar-refractivity contribution in [3.05, 3.63) is 0 Å². The van der Waals surface area contributed by atoms with Crippen LogP contribution in [-0.2, 0) is 0 Å². The number of rotatable bonds is 0. The van der Waals surface area contributed by atoms with Crippen molar-refractivity contribution in [2.75, 3.05) is 0 Å². The van der Waals surface area contributed by atoms with Gasteiger partial charge in [-0.15, -0.1) is 0 Å². The minimum atomic E-state index is 0.647. The molecular formula is C9H15NO. The second kappa shape index (κ2) is 2.84. The predicted molar refractivity (Wildman–Crippen MR) is 43.9 cm³/mol. The van der Waals surface area contributed by atoms with E-state index in [0.717, 1.165) is 18.1 Å². The quantitative estimate of drug-likeness (QED) is 0.420. The second-order valence-electron chi connectivity index (χ2n) is 3.78. The van der Waals surface area contributed by atoms with Crippen molar-refractivity contribution in [3.63, 3.8) is 0 Å². The van der Waals surface area contributed by atoms with Crippen molar-refractivity contribution >= 4 is 5.71 Å². The van der Waals surface area contributed by atoms with Gasteiger partial charge in [0.05, 0.1) is 5.71 Å². The number of fused-ring (bicyclic) bond motifs is 1. The zero-order chi connectivity index (χ0) is 7.68. The maximum atomic E-state index is 8.73. The highest BCUT2D eigenvalue weighted by molar-refractivity contribution is 5.87. The van der Waals surface area contributed by atoms with Gasteiger partial charge in [0.2, 0.25) is 0 Å². The van der Waals surface area contributed by atoms with Gasteiger partial charge in [0.1, 0.15) is 0 Å². The first kappa shape index (κ1) is 7.14. The number of nitrogens with zero attached hydrogens (tertiary/aromatic N) is 1. The van der Waals surface area contributed by atoms with Gasteiger partial charge in [0.15, 0.2) is 0 Å². The monoisotopic (exact) mass is 153 g/mol. The standard InChI is InChI=1S/C9H15NO/c11-10-9-6-2-4-7-3-1-5-8(7)9/h7-8,11H,1-6H2. The molecule has 0 spiro atoms. The van der Waals surface area contributed by atoms with Crippen molar-refractivity contribution in [1.29, 1.82) is 0 Å². The Labute approximate surface area is 67.3 Å². The Morgan fingerprint density at radius 2 is 2.00 bits per heavy atom. The largest absolute Gasteiger partial charge is 0.411 e. The molecule has 2 fully saturated rings. The van der Waals surface area contributed by atoms with Crippen LogP contribution >= 0.6 is 0 Å². The average Bonchev–Trinajstić information content (AvgIpc) is 2.50. The minimum Gasteiger partial charge on any atom is -0.411 e. The fraction of sp³-hybridized carbons (Fsp3) is 0.889. The third-order valence-corrected chi connectivity index (χ3v) is 3.22. The summed E-state index contributed by atoms with van der Waals surface area (Å²) in [4.78, 5) is 0. The Morgan fingerprint density at radius 1 is 1.18 bits per heavy atom. The minimum absolute atomic E-state index is 0.647. The van der Waals surface area contributed by atoms with Gasteiger partial charge in [-0.05, 0) is 38.0 Å². The lowest BCUT2D eigenvalue weighted by Gasteiger charge is -2.25. The molecule has 0 bridgehead atoms. The summed E-state index contributed by atoms with van der Waals surface area (Å²) < 4.78 is 0. The molecule has 2 aliphatic rings. The van der Waals surface area contributed by atoms with Crippen LogP contribution in [0.1, 0.15) is 38.5 Å². The van der Waals surface area contributed by atoms with Gasteiger partial charge in [-0.25, -0.2) is 0 Å². The summed E-state index contributed by atoms with van der Waals surface area (Å²) in [5.41, 5.74) is 1.08. The Kier molecular flexibility index (Phi) is 1.84. The van der Waals surface area contributed by atoms with Crippen LogP contribution in [0, 0.1) is 11.8 Å². The molecule has 1 N–H and O–H groups in total. The molecular weight excluding hydrogens is 138 g/mol. The van der Waals surface area contributed by atoms with E-state index in [0.29, 0.717) is 5.92 Å². The van der Waals surface area contributed by atoms with Crippen LogP contribution in [0.5, 0.6) is 0 Å². The molecule has 11 heavy (non-hydrogen) atoms. The second-order valence-corrected chi connectivity index (χ2v) is 3.78. The Hall–Kier alpha value is -0.530. The zero-order valence-corrected chi connectivity index (χ0v) is 6.79. The maximum absolute atomic E-state index is 8.73. The van der Waals surface area contributed by atoms with Crippen LogP contribution in [0.15, 0.2) is 5.16 Å². The van der Waals surface area contributed by atoms with E-state index in [9.17, 15) is 0 Å². The van der Waals surface area contributed by atoms with Gasteiger partial charge in [-0.2, -0.15) is 0 Å². The first-order chi connectivity index (χ1) is 5.42. The van der Waals surface area contributed by atoms with Gasteiger partial charge >= 0.3 is 0 Å². The van der Waals surface area contributed by atoms with Crippen molar-refractivity contribution in [2.45, 2.75) is 38.5 Å². The first-order valence-electron chi connectivity index (χ1n) is 4.62. The molecule has 2 atom stereocenters. The summed E-state index contributed by atoms with van der Waals surface area (Å²) in [6.45, 7) is 0. The molecule has 2 saturated carbocycles. The van der Waals surface area contributed by atoms with Gasteiger partial charge in [-0.3, -0.25) is 0 Å². The van der Waals surface area contributed by atoms with E-state index in [1.54, 1.807) is 0 Å². The Bertz CT molecular complexity index is 176. The third kappa shape index (κ3) is 1.15. The van der Waals surface area contributed by atoms with Crippen LogP contribution in [-0.4, -0.2) is 10.9 Å². The van der Waals surface area contributed by atoms with E-state index in [1.807, 2.05) is 0 Å². The summed E-state index contributed by atoms with van der Waals surface area (Å²) in [7, 11) is 0. The lowest BCUT2D eigenvalue weighted by atomic mass is 9.80. The topological polar surface area (TPSA) is 32.6 Å². The zero-order valence-electron chi connectivity index (χ0n) is 6.79. The molecule has 2 aliphatic carbocycles. The fourth-order valence-electron chi connectivity index (χ4n) is 2.68. The van der Waals surface area contributed by atoms with Gasteiger partial charge < -0.3 is 5.21 Å². The number of oxime groups is 1. The first-order valence-corrected chi connectivity index (χ1v) is 4.62. The van der Waals surface area contributed by atoms with E-state index in [1.165, 1.54) is 32.1 Å². The normalized spacial score (nSPS) is 40.9. The molecule has 0 aliphatic heterocycles. The van der Waals surface area contributed by atoms with E-state index in [-0.39, 0.29) is 0 Å². The average molecular weight is 153 g/mol. The molecule has 0 amide bonds. The van der Waals surface area contributed by atoms with E-state index >= 15 is 0 Å². The summed E-state index contributed by atoms with van der Waals surface area (Å²) in [5.74, 6) is 1.50. The number of hydrogen-bond acceptors (Lipinski definition) is 2. The summed E-state index contributed by atoms with van der Waals surface area (Å²) in [6, 6.07) is 0. The molecule has 0 heterocycles. The van der Waals surface area contributed by atoms with Crippen molar-refractivity contribution in [2.24, 2.45) is 17.0 Å². The highest BCUT2D eigenvalue weighted by atomic mass is 16.4. The molecule has 0 aromatic heterocycles. The Morgan fingerprint density at radius 3 is 2.82 bits per heavy atom. The SMILES string of the molecule is ON=C1CCCC2CCCC12. The van der Waals surface area contributed by atoms with Crippen LogP contribution in [0.2, 0.25) is 0 Å². The molecule has 2 unspecified atom stereocenters. The molecule has 2 rings (SSSR count). The highest BCUT2D eigenvalue weighted by Crippen LogP contribution is 2.40. The molecule has 2 nitrogen and oxygen atoms in total. The fourth-order valence-corrected chi connectivity index (χ4v) is 2.68.